The van der Waals surface area contributed by atoms with Crippen LogP contribution in [0.4, 0.5) is 30.8 Å². The summed E-state index contributed by atoms with van der Waals surface area (Å²) in [4.78, 5) is 52.0. The van der Waals surface area contributed by atoms with E-state index in [2.05, 4.69) is 47.5 Å². The number of nitrogens with zero attached hydrogens (tertiary/aromatic N) is 3. The van der Waals surface area contributed by atoms with Crippen molar-refractivity contribution in [3.63, 3.8) is 0 Å². The molecule has 19 heteroatoms. The maximum atomic E-state index is 13.4. The molecule has 55 heavy (non-hydrogen) atoms. The van der Waals surface area contributed by atoms with E-state index in [9.17, 15) is 36.0 Å². The Morgan fingerprint density at radius 2 is 1.65 bits per heavy atom. The van der Waals surface area contributed by atoms with Gasteiger partial charge in [-0.25, -0.2) is 8.42 Å². The Morgan fingerprint density at radius 3 is 2.22 bits per heavy atom. The van der Waals surface area contributed by atoms with Gasteiger partial charge in [-0.3, -0.25) is 19.1 Å². The highest BCUT2D eigenvalue weighted by atomic mass is 35.5. The van der Waals surface area contributed by atoms with Crippen molar-refractivity contribution in [2.45, 2.75) is 74.9 Å². The summed E-state index contributed by atoms with van der Waals surface area (Å²) in [5.74, 6) is -2.50. The van der Waals surface area contributed by atoms with E-state index in [0.717, 1.165) is 12.0 Å². The van der Waals surface area contributed by atoms with Gasteiger partial charge in [-0.15, -0.1) is 6.58 Å². The molecule has 1 heterocycles. The number of halogens is 4. The molecule has 3 aromatic rings. The average molecular weight is 805 g/mol. The minimum atomic E-state index is -4.63. The highest BCUT2D eigenvalue weighted by Crippen LogP contribution is 2.48. The van der Waals surface area contributed by atoms with E-state index in [-0.39, 0.29) is 30.4 Å². The molecule has 0 radical (unpaired) electrons. The second-order valence-corrected chi connectivity index (χ2v) is 17.1. The van der Waals surface area contributed by atoms with Crippen LogP contribution in [0.1, 0.15) is 68.3 Å². The highest BCUT2D eigenvalue weighted by Gasteiger charge is 2.61. The van der Waals surface area contributed by atoms with Crippen molar-refractivity contribution in [2.24, 2.45) is 11.3 Å². The number of rotatable bonds is 16. The van der Waals surface area contributed by atoms with Crippen molar-refractivity contribution in [3.8, 4) is 6.01 Å². The zero-order chi connectivity index (χ0) is 39.8. The van der Waals surface area contributed by atoms with E-state index in [1.165, 1.54) is 30.3 Å². The Kier molecular flexibility index (Phi) is 10.8. The predicted molar refractivity (Wildman–Crippen MR) is 197 cm³/mol. The lowest BCUT2D eigenvalue weighted by Crippen LogP contribution is -2.57. The molecule has 0 bridgehead atoms. The average Bonchev–Trinajstić information content (AvgIpc) is 4.02. The van der Waals surface area contributed by atoms with Gasteiger partial charge in [-0.1, -0.05) is 36.2 Å². The smallest absolute Gasteiger partial charge is 0.422 e. The fourth-order valence-electron chi connectivity index (χ4n) is 5.98. The molecule has 294 valence electrons. The van der Waals surface area contributed by atoms with Gasteiger partial charge < -0.3 is 26.0 Å². The zero-order valence-corrected chi connectivity index (χ0v) is 31.5. The fraction of sp³-hybridized carbons (Fsp3) is 0.444. The van der Waals surface area contributed by atoms with Crippen LogP contribution in [-0.2, 0) is 25.2 Å². The van der Waals surface area contributed by atoms with E-state index >= 15 is 0 Å². The molecule has 2 aromatic carbocycles. The quantitative estimate of drug-likeness (QED) is 0.121. The van der Waals surface area contributed by atoms with Gasteiger partial charge in [0.15, 0.2) is 6.61 Å². The monoisotopic (exact) mass is 804 g/mol. The fourth-order valence-corrected chi connectivity index (χ4v) is 7.67. The summed E-state index contributed by atoms with van der Waals surface area (Å²) in [5, 5.41) is 11.4. The van der Waals surface area contributed by atoms with Gasteiger partial charge in [0.1, 0.15) is 5.54 Å². The first-order chi connectivity index (χ1) is 25.8. The van der Waals surface area contributed by atoms with Crippen molar-refractivity contribution in [1.29, 1.82) is 0 Å². The van der Waals surface area contributed by atoms with Gasteiger partial charge in [0.25, 0.3) is 11.8 Å². The van der Waals surface area contributed by atoms with Crippen LogP contribution in [0.2, 0.25) is 5.02 Å². The molecule has 3 aliphatic carbocycles. The standard InChI is InChI=1S/C36H40ClF3N8O6S/c1-4-22-18-35(22,29(51)48-55(52,53)26-6-5-7-26)46-28(50)33(2,3)19-41-27(49)21-8-14-25(15-9-21)42-30-43-31(45-32(44-30)54-20-36(38,39)40)47-34(16-17-34)23-10-12-24(37)13-11-23/h4,8-15,22,26H,1,5-7,16-20H2,2-3H3,(H,41,49)(H,46,50)(H,48,51)(H2,42,43,44,45,47)/t22-,35-/m1/s1. The van der Waals surface area contributed by atoms with Gasteiger partial charge in [-0.05, 0) is 87.9 Å². The van der Waals surface area contributed by atoms with Crippen LogP contribution in [-0.4, -0.2) is 71.2 Å². The first-order valence-corrected chi connectivity index (χ1v) is 19.4. The molecule has 2 atom stereocenters. The summed E-state index contributed by atoms with van der Waals surface area (Å²) in [6.45, 7) is 5.10. The first-order valence-electron chi connectivity index (χ1n) is 17.5. The van der Waals surface area contributed by atoms with Gasteiger partial charge in [0.05, 0.1) is 16.2 Å². The number of benzene rings is 2. The third-order valence-electron chi connectivity index (χ3n) is 9.95. The van der Waals surface area contributed by atoms with E-state index in [4.69, 9.17) is 16.3 Å². The Bertz CT molecular complexity index is 2080. The third kappa shape index (κ3) is 9.29. The van der Waals surface area contributed by atoms with Crippen molar-refractivity contribution >= 4 is 56.9 Å². The number of hydrogen-bond acceptors (Lipinski definition) is 11. The van der Waals surface area contributed by atoms with Crippen LogP contribution >= 0.6 is 11.6 Å². The molecule has 3 saturated carbocycles. The largest absolute Gasteiger partial charge is 0.454 e. The number of carbonyl (C=O) groups excluding carboxylic acids is 3. The van der Waals surface area contributed by atoms with E-state index in [1.807, 2.05) is 12.1 Å². The summed E-state index contributed by atoms with van der Waals surface area (Å²) >= 11 is 6.03. The number of carbonyl (C=O) groups is 3. The first kappa shape index (κ1) is 39.7. The number of ether oxygens (including phenoxy) is 1. The lowest BCUT2D eigenvalue weighted by molar-refractivity contribution is -0.154. The van der Waals surface area contributed by atoms with Crippen LogP contribution in [0.3, 0.4) is 0 Å². The molecule has 14 nitrogen and oxygen atoms in total. The number of anilines is 3. The minimum absolute atomic E-state index is 0.0169. The number of alkyl halides is 3. The molecule has 0 saturated heterocycles. The second-order valence-electron chi connectivity index (χ2n) is 14.7. The lowest BCUT2D eigenvalue weighted by Gasteiger charge is -2.29. The molecule has 0 unspecified atom stereocenters. The second kappa shape index (κ2) is 14.9. The summed E-state index contributed by atoms with van der Waals surface area (Å²) in [7, 11) is -3.87. The minimum Gasteiger partial charge on any atom is -0.454 e. The molecular formula is C36H40ClF3N8O6S. The molecule has 3 aliphatic rings. The third-order valence-corrected chi connectivity index (χ3v) is 12.0. The molecule has 5 N–H and O–H groups in total. The van der Waals surface area contributed by atoms with E-state index < -0.39 is 74.2 Å². The molecule has 1 aromatic heterocycles. The van der Waals surface area contributed by atoms with Crippen LogP contribution in [0.15, 0.2) is 61.2 Å². The number of nitrogens with one attached hydrogen (secondary N) is 5. The number of sulfonamides is 1. The molecule has 6 rings (SSSR count). The predicted octanol–water partition coefficient (Wildman–Crippen LogP) is 5.13. The molecule has 3 fully saturated rings. The van der Waals surface area contributed by atoms with E-state index in [1.54, 1.807) is 26.0 Å². The summed E-state index contributed by atoms with van der Waals surface area (Å²) in [6, 6.07) is 12.6. The van der Waals surface area contributed by atoms with Crippen LogP contribution in [0, 0.1) is 11.3 Å². The van der Waals surface area contributed by atoms with Gasteiger partial charge >= 0.3 is 12.2 Å². The number of hydrogen-bond donors (Lipinski definition) is 5. The normalized spacial score (nSPS) is 20.3. The van der Waals surface area contributed by atoms with Gasteiger partial charge in [-0.2, -0.15) is 28.1 Å². The highest BCUT2D eigenvalue weighted by molar-refractivity contribution is 7.90. The maximum absolute atomic E-state index is 13.4. The molecule has 3 amide bonds. The SMILES string of the molecule is C=C[C@@H]1C[C@]1(NC(=O)C(C)(C)CNC(=O)c1ccc(Nc2nc(NC3(c4ccc(Cl)cc4)CC3)nc(OCC(F)(F)F)n2)cc1)C(=O)NS(=O)(=O)C1CCC1. The Labute approximate surface area is 320 Å². The van der Waals surface area contributed by atoms with Crippen molar-refractivity contribution in [2.75, 3.05) is 23.8 Å². The Hall–Kier alpha value is -4.97. The zero-order valence-electron chi connectivity index (χ0n) is 29.9. The molecule has 0 spiro atoms. The molecule has 0 aliphatic heterocycles. The Morgan fingerprint density at radius 1 is 1.00 bits per heavy atom. The summed E-state index contributed by atoms with van der Waals surface area (Å²) in [6.07, 6.45) is 0.175. The van der Waals surface area contributed by atoms with Crippen molar-refractivity contribution < 1.29 is 40.7 Å². The number of amides is 3. The van der Waals surface area contributed by atoms with Crippen LogP contribution in [0.25, 0.3) is 0 Å². The Balaban J connectivity index is 1.08. The number of aromatic nitrogens is 3. The van der Waals surface area contributed by atoms with Crippen LogP contribution < -0.4 is 30.7 Å². The van der Waals surface area contributed by atoms with Gasteiger partial charge in [0.2, 0.25) is 27.8 Å². The van der Waals surface area contributed by atoms with E-state index in [0.29, 0.717) is 36.4 Å². The summed E-state index contributed by atoms with van der Waals surface area (Å²) in [5.41, 5.74) is -1.72. The molecular weight excluding hydrogens is 765 g/mol. The van der Waals surface area contributed by atoms with Crippen molar-refractivity contribution in [3.05, 3.63) is 77.3 Å². The summed E-state index contributed by atoms with van der Waals surface area (Å²) < 4.78 is 71.1. The van der Waals surface area contributed by atoms with Gasteiger partial charge in [0, 0.05) is 28.7 Å². The topological polar surface area (TPSA) is 193 Å². The lowest BCUT2D eigenvalue weighted by atomic mass is 9.91. The van der Waals surface area contributed by atoms with Crippen LogP contribution in [0.5, 0.6) is 6.01 Å². The van der Waals surface area contributed by atoms with Crippen molar-refractivity contribution in [1.82, 2.24) is 30.3 Å². The maximum Gasteiger partial charge on any atom is 0.422 e.